The lowest BCUT2D eigenvalue weighted by molar-refractivity contribution is -0.137. The molecule has 0 spiro atoms. The standard InChI is InChI=1S/C20H24N2O6S/c1-14(19(23)21(2)3)28-20(24)15-7-6-8-18(13-15)29(25,26)22(4)16-9-11-17(27-5)12-10-16/h6-14H,1-5H3/t14-/m1/s1. The second-order valence-electron chi connectivity index (χ2n) is 6.48. The number of hydrogen-bond donors (Lipinski definition) is 0. The molecule has 0 N–H and O–H groups in total. The number of benzene rings is 2. The molecule has 0 fully saturated rings. The van der Waals surface area contributed by atoms with E-state index in [1.807, 2.05) is 0 Å². The van der Waals surface area contributed by atoms with Gasteiger partial charge in [-0.25, -0.2) is 13.2 Å². The van der Waals surface area contributed by atoms with Gasteiger partial charge < -0.3 is 14.4 Å². The summed E-state index contributed by atoms with van der Waals surface area (Å²) in [7, 11) is 2.12. The van der Waals surface area contributed by atoms with E-state index in [4.69, 9.17) is 9.47 Å². The number of carbonyl (C=O) groups excluding carboxylic acids is 2. The Hall–Kier alpha value is -3.07. The summed E-state index contributed by atoms with van der Waals surface area (Å²) >= 11 is 0. The third-order valence-corrected chi connectivity index (χ3v) is 6.02. The highest BCUT2D eigenvalue weighted by molar-refractivity contribution is 7.92. The fourth-order valence-electron chi connectivity index (χ4n) is 2.52. The number of esters is 1. The summed E-state index contributed by atoms with van der Waals surface area (Å²) in [6.07, 6.45) is -0.986. The molecule has 8 nitrogen and oxygen atoms in total. The fraction of sp³-hybridized carbons (Fsp3) is 0.300. The first-order valence-corrected chi connectivity index (χ1v) is 10.2. The van der Waals surface area contributed by atoms with Gasteiger partial charge in [-0.1, -0.05) is 6.07 Å². The normalized spacial score (nSPS) is 12.0. The lowest BCUT2D eigenvalue weighted by atomic mass is 10.2. The van der Waals surface area contributed by atoms with Crippen LogP contribution in [0.4, 0.5) is 5.69 Å². The Bertz CT molecular complexity index is 986. The zero-order chi connectivity index (χ0) is 21.8. The van der Waals surface area contributed by atoms with E-state index >= 15 is 0 Å². The van der Waals surface area contributed by atoms with Crippen LogP contribution in [0.2, 0.25) is 0 Å². The molecule has 1 atom stereocenters. The van der Waals surface area contributed by atoms with Crippen molar-refractivity contribution in [1.29, 1.82) is 0 Å². The number of methoxy groups -OCH3 is 1. The Morgan fingerprint density at radius 1 is 1.00 bits per heavy atom. The van der Waals surface area contributed by atoms with E-state index in [9.17, 15) is 18.0 Å². The Morgan fingerprint density at radius 3 is 2.17 bits per heavy atom. The maximum absolute atomic E-state index is 13.0. The quantitative estimate of drug-likeness (QED) is 0.637. The van der Waals surface area contributed by atoms with E-state index in [0.717, 1.165) is 4.31 Å². The number of rotatable bonds is 7. The maximum atomic E-state index is 13.0. The van der Waals surface area contributed by atoms with Gasteiger partial charge in [-0.15, -0.1) is 0 Å². The molecule has 9 heteroatoms. The average molecular weight is 420 g/mol. The van der Waals surface area contributed by atoms with Crippen LogP contribution in [0.1, 0.15) is 17.3 Å². The van der Waals surface area contributed by atoms with Crippen LogP contribution in [-0.4, -0.2) is 59.6 Å². The summed E-state index contributed by atoms with van der Waals surface area (Å²) in [5, 5.41) is 0. The van der Waals surface area contributed by atoms with Gasteiger partial charge in [0.25, 0.3) is 15.9 Å². The molecule has 29 heavy (non-hydrogen) atoms. The van der Waals surface area contributed by atoms with E-state index in [1.54, 1.807) is 38.4 Å². The first-order valence-electron chi connectivity index (χ1n) is 8.73. The van der Waals surface area contributed by atoms with Crippen LogP contribution in [0, 0.1) is 0 Å². The van der Waals surface area contributed by atoms with E-state index in [2.05, 4.69) is 0 Å². The second kappa shape index (κ2) is 8.95. The molecular weight excluding hydrogens is 396 g/mol. The lowest BCUT2D eigenvalue weighted by Crippen LogP contribution is -2.35. The van der Waals surface area contributed by atoms with Crippen LogP contribution in [0.15, 0.2) is 53.4 Å². The molecule has 2 aromatic rings. The Labute approximate surface area is 170 Å². The van der Waals surface area contributed by atoms with E-state index in [0.29, 0.717) is 11.4 Å². The molecule has 0 aliphatic heterocycles. The van der Waals surface area contributed by atoms with Gasteiger partial charge in [0.15, 0.2) is 6.10 Å². The van der Waals surface area contributed by atoms with Crippen molar-refractivity contribution >= 4 is 27.6 Å². The molecule has 2 aromatic carbocycles. The maximum Gasteiger partial charge on any atom is 0.338 e. The molecule has 0 unspecified atom stereocenters. The van der Waals surface area contributed by atoms with Crippen LogP contribution in [0.5, 0.6) is 5.75 Å². The number of ether oxygens (including phenoxy) is 2. The highest BCUT2D eigenvalue weighted by atomic mass is 32.2. The van der Waals surface area contributed by atoms with Gasteiger partial charge in [0.1, 0.15) is 5.75 Å². The van der Waals surface area contributed by atoms with E-state index < -0.39 is 22.1 Å². The third-order valence-electron chi connectivity index (χ3n) is 4.24. The molecule has 2 rings (SSSR count). The number of sulfonamides is 1. The average Bonchev–Trinajstić information content (AvgIpc) is 2.72. The number of amides is 1. The molecule has 0 saturated carbocycles. The molecule has 1 amide bonds. The SMILES string of the molecule is COc1ccc(N(C)S(=O)(=O)c2cccc(C(=O)O[C@H](C)C(=O)N(C)C)c2)cc1. The van der Waals surface area contributed by atoms with Gasteiger partial charge in [0.05, 0.1) is 23.3 Å². The number of hydrogen-bond acceptors (Lipinski definition) is 6. The zero-order valence-electron chi connectivity index (χ0n) is 16.9. The van der Waals surface area contributed by atoms with Crippen molar-refractivity contribution in [1.82, 2.24) is 4.90 Å². The van der Waals surface area contributed by atoms with Gasteiger partial charge >= 0.3 is 5.97 Å². The molecular formula is C20H24N2O6S. The summed E-state index contributed by atoms with van der Waals surface area (Å²) in [4.78, 5) is 25.5. The van der Waals surface area contributed by atoms with Gasteiger partial charge in [-0.2, -0.15) is 0 Å². The Kier molecular flexibility index (Phi) is 6.86. The summed E-state index contributed by atoms with van der Waals surface area (Å²) in [5.41, 5.74) is 0.469. The van der Waals surface area contributed by atoms with Crippen molar-refractivity contribution in [3.05, 3.63) is 54.1 Å². The van der Waals surface area contributed by atoms with Crippen molar-refractivity contribution in [2.45, 2.75) is 17.9 Å². The predicted molar refractivity (Wildman–Crippen MR) is 109 cm³/mol. The summed E-state index contributed by atoms with van der Waals surface area (Å²) in [6.45, 7) is 1.46. The van der Waals surface area contributed by atoms with Gasteiger partial charge in [0, 0.05) is 21.1 Å². The molecule has 156 valence electrons. The molecule has 0 aliphatic carbocycles. The van der Waals surface area contributed by atoms with Crippen LogP contribution in [0.25, 0.3) is 0 Å². The minimum atomic E-state index is -3.92. The van der Waals surface area contributed by atoms with E-state index in [1.165, 1.54) is 50.2 Å². The van der Waals surface area contributed by atoms with Gasteiger partial charge in [0.2, 0.25) is 0 Å². The third kappa shape index (κ3) is 5.05. The Balaban J connectivity index is 2.26. The number of carbonyl (C=O) groups is 2. The number of likely N-dealkylation sites (N-methyl/N-ethyl adjacent to an activating group) is 1. The summed E-state index contributed by atoms with van der Waals surface area (Å²) in [5.74, 6) is -0.552. The minimum Gasteiger partial charge on any atom is -0.497 e. The van der Waals surface area contributed by atoms with Crippen molar-refractivity contribution in [3.63, 3.8) is 0 Å². The number of nitrogens with zero attached hydrogens (tertiary/aromatic N) is 2. The van der Waals surface area contributed by atoms with Crippen molar-refractivity contribution in [3.8, 4) is 5.75 Å². The molecule has 0 aromatic heterocycles. The molecule has 0 saturated heterocycles. The smallest absolute Gasteiger partial charge is 0.338 e. The highest BCUT2D eigenvalue weighted by Gasteiger charge is 2.24. The van der Waals surface area contributed by atoms with Crippen LogP contribution >= 0.6 is 0 Å². The molecule has 0 heterocycles. The van der Waals surface area contributed by atoms with Crippen LogP contribution in [0.3, 0.4) is 0 Å². The van der Waals surface area contributed by atoms with Gasteiger partial charge in [-0.3, -0.25) is 9.10 Å². The van der Waals surface area contributed by atoms with Crippen LogP contribution in [-0.2, 0) is 19.6 Å². The monoisotopic (exact) mass is 420 g/mol. The van der Waals surface area contributed by atoms with Gasteiger partial charge in [-0.05, 0) is 49.4 Å². The topological polar surface area (TPSA) is 93.2 Å². The zero-order valence-corrected chi connectivity index (χ0v) is 17.8. The summed E-state index contributed by atoms with van der Waals surface area (Å²) in [6, 6.07) is 12.0. The largest absolute Gasteiger partial charge is 0.497 e. The highest BCUT2D eigenvalue weighted by Crippen LogP contribution is 2.25. The van der Waals surface area contributed by atoms with Crippen molar-refractivity contribution < 1.29 is 27.5 Å². The fourth-order valence-corrected chi connectivity index (χ4v) is 3.76. The predicted octanol–water partition coefficient (Wildman–Crippen LogP) is 2.15. The van der Waals surface area contributed by atoms with Crippen molar-refractivity contribution in [2.24, 2.45) is 0 Å². The number of anilines is 1. The molecule has 0 aliphatic rings. The minimum absolute atomic E-state index is 0.0348. The first-order chi connectivity index (χ1) is 13.6. The summed E-state index contributed by atoms with van der Waals surface area (Å²) < 4.78 is 37.3. The molecule has 0 radical (unpaired) electrons. The van der Waals surface area contributed by atoms with E-state index in [-0.39, 0.29) is 16.4 Å². The van der Waals surface area contributed by atoms with Crippen molar-refractivity contribution in [2.75, 3.05) is 32.6 Å². The lowest BCUT2D eigenvalue weighted by Gasteiger charge is -2.20. The van der Waals surface area contributed by atoms with Crippen LogP contribution < -0.4 is 9.04 Å². The molecule has 0 bridgehead atoms. The first kappa shape index (κ1) is 22.2. The second-order valence-corrected chi connectivity index (χ2v) is 8.45. The Morgan fingerprint density at radius 2 is 1.62 bits per heavy atom.